The quantitative estimate of drug-likeness (QED) is 0.708. The van der Waals surface area contributed by atoms with E-state index in [-0.39, 0.29) is 6.10 Å². The number of benzene rings is 2. The van der Waals surface area contributed by atoms with Crippen LogP contribution in [-0.2, 0) is 11.3 Å². The molecule has 4 rings (SSSR count). The van der Waals surface area contributed by atoms with Crippen LogP contribution >= 0.6 is 0 Å². The van der Waals surface area contributed by atoms with E-state index in [9.17, 15) is 0 Å². The van der Waals surface area contributed by atoms with Crippen molar-refractivity contribution in [3.63, 3.8) is 0 Å². The Labute approximate surface area is 153 Å². The van der Waals surface area contributed by atoms with E-state index in [0.29, 0.717) is 18.3 Å². The third-order valence-corrected chi connectivity index (χ3v) is 4.56. The first kappa shape index (κ1) is 16.9. The van der Waals surface area contributed by atoms with Gasteiger partial charge in [0.05, 0.1) is 17.5 Å². The van der Waals surface area contributed by atoms with Gasteiger partial charge in [0.25, 0.3) is 0 Å². The van der Waals surface area contributed by atoms with Crippen molar-refractivity contribution in [2.45, 2.75) is 19.6 Å². The van der Waals surface area contributed by atoms with Gasteiger partial charge in [0.2, 0.25) is 5.88 Å². The fourth-order valence-electron chi connectivity index (χ4n) is 3.31. The van der Waals surface area contributed by atoms with Gasteiger partial charge in [-0.15, -0.1) is 0 Å². The van der Waals surface area contributed by atoms with Crippen molar-refractivity contribution in [2.75, 3.05) is 26.3 Å². The van der Waals surface area contributed by atoms with Crippen LogP contribution in [0, 0.1) is 6.92 Å². The summed E-state index contributed by atoms with van der Waals surface area (Å²) < 4.78 is 11.9. The Morgan fingerprint density at radius 1 is 1.08 bits per heavy atom. The lowest BCUT2D eigenvalue weighted by molar-refractivity contribution is -0.0508. The van der Waals surface area contributed by atoms with Crippen molar-refractivity contribution < 1.29 is 9.47 Å². The van der Waals surface area contributed by atoms with Gasteiger partial charge in [-0.3, -0.25) is 4.90 Å². The SMILES string of the molecule is Cc1nc(OC[C@H]2CN(Cc3ccccc3)CCO2)c2ccccc2n1. The molecule has 5 nitrogen and oxygen atoms in total. The highest BCUT2D eigenvalue weighted by Crippen LogP contribution is 2.22. The lowest BCUT2D eigenvalue weighted by Crippen LogP contribution is -2.44. The van der Waals surface area contributed by atoms with E-state index in [4.69, 9.17) is 9.47 Å². The van der Waals surface area contributed by atoms with E-state index < -0.39 is 0 Å². The molecule has 0 amide bonds. The average Bonchev–Trinajstić information content (AvgIpc) is 2.67. The van der Waals surface area contributed by atoms with Crippen molar-refractivity contribution in [3.8, 4) is 5.88 Å². The van der Waals surface area contributed by atoms with Crippen molar-refractivity contribution in [2.24, 2.45) is 0 Å². The van der Waals surface area contributed by atoms with Gasteiger partial charge in [-0.25, -0.2) is 4.98 Å². The molecule has 1 aromatic heterocycles. The van der Waals surface area contributed by atoms with E-state index in [2.05, 4.69) is 39.1 Å². The van der Waals surface area contributed by atoms with Gasteiger partial charge in [0, 0.05) is 19.6 Å². The van der Waals surface area contributed by atoms with Crippen LogP contribution in [0.3, 0.4) is 0 Å². The molecule has 0 spiro atoms. The fourth-order valence-corrected chi connectivity index (χ4v) is 3.31. The Balaban J connectivity index is 1.40. The zero-order valence-electron chi connectivity index (χ0n) is 15.0. The molecule has 0 aliphatic carbocycles. The molecule has 1 saturated heterocycles. The summed E-state index contributed by atoms with van der Waals surface area (Å²) in [5.74, 6) is 1.35. The minimum Gasteiger partial charge on any atom is -0.474 e. The summed E-state index contributed by atoms with van der Waals surface area (Å²) >= 11 is 0. The van der Waals surface area contributed by atoms with Gasteiger partial charge in [-0.2, -0.15) is 4.98 Å². The maximum absolute atomic E-state index is 6.04. The topological polar surface area (TPSA) is 47.5 Å². The molecule has 2 heterocycles. The summed E-state index contributed by atoms with van der Waals surface area (Å²) in [5.41, 5.74) is 2.23. The maximum Gasteiger partial charge on any atom is 0.224 e. The van der Waals surface area contributed by atoms with Crippen LogP contribution in [-0.4, -0.2) is 47.3 Å². The highest BCUT2D eigenvalue weighted by molar-refractivity contribution is 5.83. The predicted molar refractivity (Wildman–Crippen MR) is 101 cm³/mol. The lowest BCUT2D eigenvalue weighted by Gasteiger charge is -2.32. The number of aromatic nitrogens is 2. The van der Waals surface area contributed by atoms with Crippen molar-refractivity contribution in [3.05, 3.63) is 66.0 Å². The predicted octanol–water partition coefficient (Wildman–Crippen LogP) is 3.22. The average molecular weight is 349 g/mol. The van der Waals surface area contributed by atoms with Gasteiger partial charge >= 0.3 is 0 Å². The van der Waals surface area contributed by atoms with E-state index in [1.807, 2.05) is 37.3 Å². The molecule has 0 unspecified atom stereocenters. The molecule has 0 saturated carbocycles. The van der Waals surface area contributed by atoms with Crippen LogP contribution in [0.4, 0.5) is 0 Å². The first-order chi connectivity index (χ1) is 12.8. The number of fused-ring (bicyclic) bond motifs is 1. The van der Waals surface area contributed by atoms with Crippen LogP contribution in [0.2, 0.25) is 0 Å². The summed E-state index contributed by atoms with van der Waals surface area (Å²) in [5, 5.41) is 0.940. The van der Waals surface area contributed by atoms with E-state index in [0.717, 1.165) is 37.1 Å². The molecular weight excluding hydrogens is 326 g/mol. The van der Waals surface area contributed by atoms with Crippen LogP contribution in [0.15, 0.2) is 54.6 Å². The molecular formula is C21H23N3O2. The van der Waals surface area contributed by atoms with Crippen molar-refractivity contribution >= 4 is 10.9 Å². The Morgan fingerprint density at radius 2 is 1.88 bits per heavy atom. The number of rotatable bonds is 5. The number of nitrogens with zero attached hydrogens (tertiary/aromatic N) is 3. The van der Waals surface area contributed by atoms with E-state index in [1.165, 1.54) is 5.56 Å². The third-order valence-electron chi connectivity index (χ3n) is 4.56. The second-order valence-electron chi connectivity index (χ2n) is 6.62. The monoisotopic (exact) mass is 349 g/mol. The molecule has 0 N–H and O–H groups in total. The minimum atomic E-state index is 0.0431. The van der Waals surface area contributed by atoms with Crippen LogP contribution in [0.25, 0.3) is 10.9 Å². The molecule has 5 heteroatoms. The molecule has 1 fully saturated rings. The van der Waals surface area contributed by atoms with E-state index in [1.54, 1.807) is 0 Å². The van der Waals surface area contributed by atoms with Gasteiger partial charge in [-0.05, 0) is 24.6 Å². The summed E-state index contributed by atoms with van der Waals surface area (Å²) in [6.07, 6.45) is 0.0431. The molecule has 0 radical (unpaired) electrons. The highest BCUT2D eigenvalue weighted by Gasteiger charge is 2.21. The second-order valence-corrected chi connectivity index (χ2v) is 6.62. The van der Waals surface area contributed by atoms with Crippen LogP contribution in [0.1, 0.15) is 11.4 Å². The number of morpholine rings is 1. The summed E-state index contributed by atoms with van der Waals surface area (Å²) in [6.45, 7) is 5.85. The Bertz CT molecular complexity index is 870. The number of ether oxygens (including phenoxy) is 2. The van der Waals surface area contributed by atoms with Gasteiger partial charge in [-0.1, -0.05) is 42.5 Å². The summed E-state index contributed by atoms with van der Waals surface area (Å²) in [7, 11) is 0. The Morgan fingerprint density at radius 3 is 2.77 bits per heavy atom. The Kier molecular flexibility index (Phi) is 5.09. The lowest BCUT2D eigenvalue weighted by atomic mass is 10.2. The highest BCUT2D eigenvalue weighted by atomic mass is 16.5. The minimum absolute atomic E-state index is 0.0431. The molecule has 3 aromatic rings. The third kappa shape index (κ3) is 4.00. The fraction of sp³-hybridized carbons (Fsp3) is 0.333. The number of hydrogen-bond donors (Lipinski definition) is 0. The van der Waals surface area contributed by atoms with Gasteiger partial charge in [0.15, 0.2) is 0 Å². The summed E-state index contributed by atoms with van der Waals surface area (Å²) in [4.78, 5) is 11.3. The first-order valence-corrected chi connectivity index (χ1v) is 9.02. The Hall–Kier alpha value is -2.50. The molecule has 0 bridgehead atoms. The van der Waals surface area contributed by atoms with Gasteiger partial charge in [0.1, 0.15) is 18.5 Å². The van der Waals surface area contributed by atoms with Crippen molar-refractivity contribution in [1.29, 1.82) is 0 Å². The molecule has 134 valence electrons. The van der Waals surface area contributed by atoms with Crippen molar-refractivity contribution in [1.82, 2.24) is 14.9 Å². The largest absolute Gasteiger partial charge is 0.474 e. The summed E-state index contributed by atoms with van der Waals surface area (Å²) in [6, 6.07) is 18.5. The molecule has 26 heavy (non-hydrogen) atoms. The zero-order chi connectivity index (χ0) is 17.8. The standard InChI is InChI=1S/C21H23N3O2/c1-16-22-20-10-6-5-9-19(20)21(23-16)26-15-18-14-24(11-12-25-18)13-17-7-3-2-4-8-17/h2-10,18H,11-15H2,1H3/t18-/m1/s1. The van der Waals surface area contributed by atoms with Crippen LogP contribution < -0.4 is 4.74 Å². The number of hydrogen-bond acceptors (Lipinski definition) is 5. The molecule has 2 aromatic carbocycles. The first-order valence-electron chi connectivity index (χ1n) is 9.02. The number of para-hydroxylation sites is 1. The molecule has 1 atom stereocenters. The normalized spacial score (nSPS) is 18.1. The zero-order valence-corrected chi connectivity index (χ0v) is 15.0. The second kappa shape index (κ2) is 7.81. The molecule has 1 aliphatic heterocycles. The maximum atomic E-state index is 6.04. The van der Waals surface area contributed by atoms with E-state index >= 15 is 0 Å². The van der Waals surface area contributed by atoms with Gasteiger partial charge < -0.3 is 9.47 Å². The number of aryl methyl sites for hydroxylation is 1. The van der Waals surface area contributed by atoms with Crippen LogP contribution in [0.5, 0.6) is 5.88 Å². The smallest absolute Gasteiger partial charge is 0.224 e. The molecule has 1 aliphatic rings.